The lowest BCUT2D eigenvalue weighted by molar-refractivity contribution is -0.113. The Morgan fingerprint density at radius 1 is 0.875 bits per heavy atom. The highest BCUT2D eigenvalue weighted by molar-refractivity contribution is 6.14. The summed E-state index contributed by atoms with van der Waals surface area (Å²) in [4.78, 5) is 20.6. The van der Waals surface area contributed by atoms with Crippen LogP contribution in [0.4, 0.5) is 0 Å². The van der Waals surface area contributed by atoms with Gasteiger partial charge in [-0.1, -0.05) is 0 Å². The molecule has 0 heterocycles. The van der Waals surface area contributed by atoms with Gasteiger partial charge in [-0.25, -0.2) is 0 Å². The second-order valence-electron chi connectivity index (χ2n) is 3.31. The van der Waals surface area contributed by atoms with E-state index < -0.39 is 25.4 Å². The molecule has 0 saturated carbocycles. The van der Waals surface area contributed by atoms with Crippen molar-refractivity contribution in [2.75, 3.05) is 19.8 Å². The lowest BCUT2D eigenvalue weighted by Crippen LogP contribution is -2.50. The van der Waals surface area contributed by atoms with Crippen molar-refractivity contribution in [3.8, 4) is 0 Å². The molecule has 0 saturated heterocycles. The first-order valence-electron chi connectivity index (χ1n) is 4.53. The monoisotopic (exact) mass is 229 g/mol. The van der Waals surface area contributed by atoms with Gasteiger partial charge in [-0.15, -0.1) is 0 Å². The maximum Gasteiger partial charge on any atom is 0.178 e. The average Bonchev–Trinajstić information content (AvgIpc) is 2.33. The molecule has 0 fully saturated rings. The number of carbonyl (C=O) groups excluding carboxylic acids is 2. The lowest BCUT2D eigenvalue weighted by atomic mass is 10.1. The molecule has 0 aromatic heterocycles. The Morgan fingerprint density at radius 3 is 1.25 bits per heavy atom. The van der Waals surface area contributed by atoms with Crippen LogP contribution in [0.25, 0.3) is 0 Å². The average molecular weight is 229 g/mol. The quantitative estimate of drug-likeness (QED) is 0.412. The second kappa shape index (κ2) is 7.02. The minimum atomic E-state index is -1.21. The van der Waals surface area contributed by atoms with Crippen LogP contribution < -0.4 is 5.73 Å². The number of carbonyl (C=O) groups is 2. The van der Waals surface area contributed by atoms with Gasteiger partial charge in [-0.05, 0) is 24.3 Å². The fraction of sp³-hybridized carbons (Fsp3) is 0.400. The molecule has 1 rings (SSSR count). The van der Waals surface area contributed by atoms with Crippen LogP contribution in [0, 0.1) is 0 Å². The molecular weight excluding hydrogens is 214 g/mol. The van der Waals surface area contributed by atoms with E-state index in [1.165, 1.54) is 24.3 Å². The minimum Gasteiger partial charge on any atom is -0.394 e. The first kappa shape index (κ1) is 14.7. The van der Waals surface area contributed by atoms with Crippen LogP contribution in [0.5, 0.6) is 0 Å². The van der Waals surface area contributed by atoms with E-state index in [4.69, 9.17) is 21.1 Å². The normalized spacial score (nSPS) is 14.8. The Kier molecular flexibility index (Phi) is 6.43. The molecule has 0 aromatic rings. The zero-order valence-corrected chi connectivity index (χ0v) is 8.67. The first-order chi connectivity index (χ1) is 7.47. The van der Waals surface area contributed by atoms with Crippen LogP contribution in [-0.4, -0.2) is 52.2 Å². The summed E-state index contributed by atoms with van der Waals surface area (Å²) in [5.74, 6) is -0.241. The van der Waals surface area contributed by atoms with Gasteiger partial charge >= 0.3 is 0 Å². The van der Waals surface area contributed by atoms with Gasteiger partial charge in [-0.2, -0.15) is 0 Å². The van der Waals surface area contributed by atoms with E-state index >= 15 is 0 Å². The summed E-state index contributed by atoms with van der Waals surface area (Å²) in [7, 11) is 0. The third-order valence-electron chi connectivity index (χ3n) is 1.77. The van der Waals surface area contributed by atoms with Crippen molar-refractivity contribution in [1.29, 1.82) is 0 Å². The molecule has 0 radical (unpaired) electrons. The number of nitrogens with two attached hydrogens (primary N) is 1. The van der Waals surface area contributed by atoms with E-state index in [0.717, 1.165) is 0 Å². The number of allylic oxidation sites excluding steroid dienone is 4. The Morgan fingerprint density at radius 2 is 1.12 bits per heavy atom. The molecule has 1 aliphatic rings. The number of aliphatic hydroxyl groups excluding tert-OH is 3. The van der Waals surface area contributed by atoms with E-state index in [1.54, 1.807) is 0 Å². The van der Waals surface area contributed by atoms with Crippen molar-refractivity contribution in [3.63, 3.8) is 0 Å². The summed E-state index contributed by atoms with van der Waals surface area (Å²) in [5.41, 5.74) is 3.94. The van der Waals surface area contributed by atoms with E-state index in [1.807, 2.05) is 0 Å². The fourth-order valence-electron chi connectivity index (χ4n) is 0.590. The molecule has 90 valence electrons. The topological polar surface area (TPSA) is 121 Å². The Bertz CT molecular complexity index is 258. The number of hydrogen-bond donors (Lipinski definition) is 4. The van der Waals surface area contributed by atoms with Gasteiger partial charge in [0, 0.05) is 0 Å². The molecule has 0 bridgehead atoms. The van der Waals surface area contributed by atoms with Crippen molar-refractivity contribution in [1.82, 2.24) is 0 Å². The predicted molar refractivity (Wildman–Crippen MR) is 56.5 cm³/mol. The molecule has 0 spiro atoms. The van der Waals surface area contributed by atoms with E-state index in [0.29, 0.717) is 0 Å². The zero-order chi connectivity index (χ0) is 12.6. The second-order valence-corrected chi connectivity index (χ2v) is 3.31. The van der Waals surface area contributed by atoms with Gasteiger partial charge in [0.05, 0.1) is 25.4 Å². The standard InChI is InChI=1S/C6H4O2.C4H11NO3/c7-5-1-2-6(8)4-3-5;5-4(1-6,2-7)3-8/h1-4H;6-8H,1-3,5H2. The highest BCUT2D eigenvalue weighted by atomic mass is 16.3. The van der Waals surface area contributed by atoms with Gasteiger partial charge in [-0.3, -0.25) is 9.59 Å². The highest BCUT2D eigenvalue weighted by Gasteiger charge is 2.20. The molecule has 0 aromatic carbocycles. The molecular formula is C10H15NO5. The van der Waals surface area contributed by atoms with E-state index in [9.17, 15) is 9.59 Å². The van der Waals surface area contributed by atoms with Crippen LogP contribution in [0.15, 0.2) is 24.3 Å². The molecule has 0 unspecified atom stereocenters. The Balaban J connectivity index is 0.000000281. The van der Waals surface area contributed by atoms with Gasteiger partial charge < -0.3 is 21.1 Å². The molecule has 16 heavy (non-hydrogen) atoms. The number of aliphatic hydroxyl groups is 3. The van der Waals surface area contributed by atoms with Gasteiger partial charge in [0.2, 0.25) is 0 Å². The summed E-state index contributed by atoms with van der Waals surface area (Å²) < 4.78 is 0. The Labute approximate surface area is 92.7 Å². The third kappa shape index (κ3) is 5.52. The highest BCUT2D eigenvalue weighted by Crippen LogP contribution is 1.93. The van der Waals surface area contributed by atoms with Crippen LogP contribution in [0.3, 0.4) is 0 Å². The summed E-state index contributed by atoms with van der Waals surface area (Å²) in [6, 6.07) is 0. The van der Waals surface area contributed by atoms with Crippen LogP contribution in [0.1, 0.15) is 0 Å². The van der Waals surface area contributed by atoms with E-state index in [2.05, 4.69) is 0 Å². The molecule has 0 amide bonds. The van der Waals surface area contributed by atoms with Crippen molar-refractivity contribution in [2.45, 2.75) is 5.54 Å². The van der Waals surface area contributed by atoms with Crippen molar-refractivity contribution in [3.05, 3.63) is 24.3 Å². The number of rotatable bonds is 3. The van der Waals surface area contributed by atoms with Crippen molar-refractivity contribution in [2.24, 2.45) is 5.73 Å². The SMILES string of the molecule is NC(CO)(CO)CO.O=C1C=CC(=O)C=C1. The fourth-order valence-corrected chi connectivity index (χ4v) is 0.590. The Hall–Kier alpha value is -1.34. The summed E-state index contributed by atoms with van der Waals surface area (Å²) in [5, 5.41) is 25.0. The molecule has 0 aliphatic heterocycles. The first-order valence-corrected chi connectivity index (χ1v) is 4.53. The van der Waals surface area contributed by atoms with Gasteiger partial charge in [0.1, 0.15) is 0 Å². The zero-order valence-electron chi connectivity index (χ0n) is 8.67. The van der Waals surface area contributed by atoms with Crippen LogP contribution in [0.2, 0.25) is 0 Å². The predicted octanol–water partition coefficient (Wildman–Crippen LogP) is -2.09. The summed E-state index contributed by atoms with van der Waals surface area (Å²) in [6.07, 6.45) is 5.01. The summed E-state index contributed by atoms with van der Waals surface area (Å²) >= 11 is 0. The van der Waals surface area contributed by atoms with Crippen LogP contribution >= 0.6 is 0 Å². The molecule has 1 aliphatic carbocycles. The smallest absolute Gasteiger partial charge is 0.178 e. The summed E-state index contributed by atoms with van der Waals surface area (Å²) in [6.45, 7) is -1.21. The maximum atomic E-state index is 10.3. The van der Waals surface area contributed by atoms with Gasteiger partial charge in [0.25, 0.3) is 0 Å². The number of ketones is 2. The number of hydrogen-bond acceptors (Lipinski definition) is 6. The van der Waals surface area contributed by atoms with Crippen molar-refractivity contribution >= 4 is 11.6 Å². The van der Waals surface area contributed by atoms with Crippen LogP contribution in [-0.2, 0) is 9.59 Å². The van der Waals surface area contributed by atoms with E-state index in [-0.39, 0.29) is 11.6 Å². The van der Waals surface area contributed by atoms with Crippen molar-refractivity contribution < 1.29 is 24.9 Å². The van der Waals surface area contributed by atoms with Gasteiger partial charge in [0.15, 0.2) is 11.6 Å². The maximum absolute atomic E-state index is 10.3. The third-order valence-corrected chi connectivity index (χ3v) is 1.77. The molecule has 6 nitrogen and oxygen atoms in total. The minimum absolute atomic E-state index is 0.121. The molecule has 6 heteroatoms. The molecule has 0 atom stereocenters. The largest absolute Gasteiger partial charge is 0.394 e. The molecule has 5 N–H and O–H groups in total. The lowest BCUT2D eigenvalue weighted by Gasteiger charge is -2.20.